The Morgan fingerprint density at radius 2 is 1.65 bits per heavy atom. The average molecular weight is 318 g/mol. The highest BCUT2D eigenvalue weighted by molar-refractivity contribution is 6.10. The summed E-state index contributed by atoms with van der Waals surface area (Å²) in [5.41, 5.74) is -0.0363. The Labute approximate surface area is 135 Å². The van der Waals surface area contributed by atoms with Crippen molar-refractivity contribution in [3.05, 3.63) is 29.8 Å². The van der Waals surface area contributed by atoms with Crippen molar-refractivity contribution in [2.45, 2.75) is 20.8 Å². The summed E-state index contributed by atoms with van der Waals surface area (Å²) in [6.07, 6.45) is 0. The number of morpholine rings is 1. The number of nitrogens with zero attached hydrogens (tertiary/aromatic N) is 1. The Hall–Kier alpha value is -2.21. The third kappa shape index (κ3) is 3.96. The lowest BCUT2D eigenvalue weighted by Crippen LogP contribution is -2.51. The number of benzene rings is 1. The number of carbonyl (C=O) groups is 3. The quantitative estimate of drug-likeness (QED) is 0.677. The summed E-state index contributed by atoms with van der Waals surface area (Å²) in [7, 11) is 0. The molecule has 0 aromatic heterocycles. The lowest BCUT2D eigenvalue weighted by Gasteiger charge is -2.33. The molecular weight excluding hydrogens is 296 g/mol. The van der Waals surface area contributed by atoms with Gasteiger partial charge in [0.05, 0.1) is 13.2 Å². The largest absolute Gasteiger partial charge is 0.378 e. The molecule has 1 aliphatic rings. The molecule has 1 aromatic rings. The summed E-state index contributed by atoms with van der Waals surface area (Å²) >= 11 is 0. The highest BCUT2D eigenvalue weighted by Gasteiger charge is 2.39. The van der Waals surface area contributed by atoms with Gasteiger partial charge >= 0.3 is 0 Å². The summed E-state index contributed by atoms with van der Waals surface area (Å²) in [5, 5.41) is 2.74. The van der Waals surface area contributed by atoms with Crippen molar-refractivity contribution >= 4 is 23.3 Å². The number of rotatable bonds is 4. The van der Waals surface area contributed by atoms with Crippen LogP contribution in [0.2, 0.25) is 0 Å². The van der Waals surface area contributed by atoms with E-state index in [0.29, 0.717) is 37.6 Å². The third-order valence-corrected chi connectivity index (χ3v) is 3.95. The summed E-state index contributed by atoms with van der Waals surface area (Å²) in [6.45, 7) is 6.71. The van der Waals surface area contributed by atoms with Gasteiger partial charge in [0.15, 0.2) is 5.78 Å². The molecule has 23 heavy (non-hydrogen) atoms. The van der Waals surface area contributed by atoms with Gasteiger partial charge in [0, 0.05) is 24.3 Å². The van der Waals surface area contributed by atoms with Crippen molar-refractivity contribution in [1.82, 2.24) is 4.90 Å². The highest BCUT2D eigenvalue weighted by atomic mass is 16.5. The van der Waals surface area contributed by atoms with E-state index in [0.717, 1.165) is 0 Å². The molecule has 6 nitrogen and oxygen atoms in total. The number of ketones is 1. The van der Waals surface area contributed by atoms with Gasteiger partial charge in [-0.25, -0.2) is 0 Å². The molecule has 124 valence electrons. The van der Waals surface area contributed by atoms with Crippen molar-refractivity contribution in [1.29, 1.82) is 0 Å². The van der Waals surface area contributed by atoms with Gasteiger partial charge in [0.2, 0.25) is 11.8 Å². The first-order valence-corrected chi connectivity index (χ1v) is 7.62. The van der Waals surface area contributed by atoms with E-state index < -0.39 is 5.41 Å². The molecule has 1 heterocycles. The maximum atomic E-state index is 12.6. The predicted octanol–water partition coefficient (Wildman–Crippen LogP) is 1.71. The zero-order chi connectivity index (χ0) is 17.0. The Bertz CT molecular complexity index is 602. The Morgan fingerprint density at radius 3 is 2.17 bits per heavy atom. The van der Waals surface area contributed by atoms with E-state index in [2.05, 4.69) is 5.32 Å². The zero-order valence-corrected chi connectivity index (χ0v) is 13.7. The second-order valence-electron chi connectivity index (χ2n) is 6.12. The second-order valence-corrected chi connectivity index (χ2v) is 6.12. The van der Waals surface area contributed by atoms with Gasteiger partial charge in [-0.05, 0) is 45.0 Å². The molecule has 0 radical (unpaired) electrons. The van der Waals surface area contributed by atoms with Gasteiger partial charge in [-0.3, -0.25) is 14.4 Å². The fourth-order valence-electron chi connectivity index (χ4n) is 2.33. The normalized spacial score (nSPS) is 15.2. The average Bonchev–Trinajstić information content (AvgIpc) is 2.55. The molecule has 2 rings (SSSR count). The first-order chi connectivity index (χ1) is 10.8. The Morgan fingerprint density at radius 1 is 1.09 bits per heavy atom. The molecule has 0 bridgehead atoms. The summed E-state index contributed by atoms with van der Waals surface area (Å²) in [5.74, 6) is -0.617. The lowest BCUT2D eigenvalue weighted by atomic mass is 9.90. The van der Waals surface area contributed by atoms with Crippen LogP contribution in [-0.2, 0) is 14.3 Å². The van der Waals surface area contributed by atoms with Crippen LogP contribution in [-0.4, -0.2) is 48.8 Å². The van der Waals surface area contributed by atoms with E-state index in [4.69, 9.17) is 4.74 Å². The Kier molecular flexibility index (Phi) is 5.15. The third-order valence-electron chi connectivity index (χ3n) is 3.95. The van der Waals surface area contributed by atoms with Gasteiger partial charge in [0.1, 0.15) is 5.41 Å². The number of nitrogens with one attached hydrogen (secondary N) is 1. The molecule has 0 saturated carbocycles. The van der Waals surface area contributed by atoms with Crippen LogP contribution < -0.4 is 5.32 Å². The maximum Gasteiger partial charge on any atom is 0.239 e. The minimum Gasteiger partial charge on any atom is -0.378 e. The van der Waals surface area contributed by atoms with E-state index >= 15 is 0 Å². The fraction of sp³-hybridized carbons (Fsp3) is 0.471. The SMILES string of the molecule is CC(=O)c1ccc(NC(=O)C(C)(C)C(=O)N2CCOCC2)cc1. The van der Waals surface area contributed by atoms with Gasteiger partial charge in [-0.1, -0.05) is 0 Å². The van der Waals surface area contributed by atoms with Gasteiger partial charge in [-0.15, -0.1) is 0 Å². The maximum absolute atomic E-state index is 12.6. The molecule has 1 aliphatic heterocycles. The number of hydrogen-bond donors (Lipinski definition) is 1. The highest BCUT2D eigenvalue weighted by Crippen LogP contribution is 2.23. The molecule has 0 unspecified atom stereocenters. The van der Waals surface area contributed by atoms with Gasteiger partial charge in [0.25, 0.3) is 0 Å². The molecular formula is C17H22N2O4. The zero-order valence-electron chi connectivity index (χ0n) is 13.7. The molecule has 1 saturated heterocycles. The van der Waals surface area contributed by atoms with Crippen LogP contribution in [0.25, 0.3) is 0 Å². The van der Waals surface area contributed by atoms with Crippen LogP contribution in [0.15, 0.2) is 24.3 Å². The molecule has 1 N–H and O–H groups in total. The van der Waals surface area contributed by atoms with E-state index in [9.17, 15) is 14.4 Å². The number of Topliss-reactive ketones (excluding diaryl/α,β-unsaturated/α-hetero) is 1. The molecule has 1 fully saturated rings. The molecule has 0 spiro atoms. The van der Waals surface area contributed by atoms with Crippen LogP contribution in [0.1, 0.15) is 31.1 Å². The summed E-state index contributed by atoms with van der Waals surface area (Å²) in [4.78, 5) is 37.9. The molecule has 6 heteroatoms. The number of hydrogen-bond acceptors (Lipinski definition) is 4. The van der Waals surface area contributed by atoms with Crippen LogP contribution in [0.4, 0.5) is 5.69 Å². The van der Waals surface area contributed by atoms with Crippen molar-refractivity contribution in [2.24, 2.45) is 5.41 Å². The van der Waals surface area contributed by atoms with Crippen LogP contribution in [0.5, 0.6) is 0 Å². The summed E-state index contributed by atoms with van der Waals surface area (Å²) in [6, 6.07) is 6.61. The topological polar surface area (TPSA) is 75.7 Å². The first-order valence-electron chi connectivity index (χ1n) is 7.62. The van der Waals surface area contributed by atoms with Gasteiger partial charge < -0.3 is 15.0 Å². The van der Waals surface area contributed by atoms with Crippen molar-refractivity contribution in [2.75, 3.05) is 31.6 Å². The monoisotopic (exact) mass is 318 g/mol. The second kappa shape index (κ2) is 6.91. The van der Waals surface area contributed by atoms with Crippen LogP contribution in [0, 0.1) is 5.41 Å². The predicted molar refractivity (Wildman–Crippen MR) is 86.3 cm³/mol. The van der Waals surface area contributed by atoms with Crippen molar-refractivity contribution in [3.63, 3.8) is 0 Å². The van der Waals surface area contributed by atoms with Crippen LogP contribution in [0.3, 0.4) is 0 Å². The fourth-order valence-corrected chi connectivity index (χ4v) is 2.33. The number of amides is 2. The van der Waals surface area contributed by atoms with E-state index in [-0.39, 0.29) is 17.6 Å². The summed E-state index contributed by atoms with van der Waals surface area (Å²) < 4.78 is 5.23. The first kappa shape index (κ1) is 17.1. The standard InChI is InChI=1S/C17H22N2O4/c1-12(20)13-4-6-14(7-5-13)18-15(21)17(2,3)16(22)19-8-10-23-11-9-19/h4-7H,8-11H2,1-3H3,(H,18,21). The minimum atomic E-state index is -1.17. The van der Waals surface area contributed by atoms with E-state index in [1.807, 2.05) is 0 Å². The molecule has 0 aliphatic carbocycles. The minimum absolute atomic E-state index is 0.0364. The molecule has 0 atom stereocenters. The smallest absolute Gasteiger partial charge is 0.239 e. The van der Waals surface area contributed by atoms with E-state index in [1.165, 1.54) is 6.92 Å². The van der Waals surface area contributed by atoms with E-state index in [1.54, 1.807) is 43.0 Å². The van der Waals surface area contributed by atoms with Crippen molar-refractivity contribution in [3.8, 4) is 0 Å². The van der Waals surface area contributed by atoms with Crippen LogP contribution >= 0.6 is 0 Å². The molecule has 2 amide bonds. The number of ether oxygens (including phenoxy) is 1. The Balaban J connectivity index is 2.05. The molecule has 1 aromatic carbocycles. The number of carbonyl (C=O) groups excluding carboxylic acids is 3. The van der Waals surface area contributed by atoms with Crippen molar-refractivity contribution < 1.29 is 19.1 Å². The van der Waals surface area contributed by atoms with Gasteiger partial charge in [-0.2, -0.15) is 0 Å². The number of anilines is 1. The lowest BCUT2D eigenvalue weighted by molar-refractivity contribution is -0.149.